The van der Waals surface area contributed by atoms with E-state index in [1.807, 2.05) is 0 Å². The van der Waals surface area contributed by atoms with E-state index in [9.17, 15) is 14.4 Å². The van der Waals surface area contributed by atoms with E-state index in [2.05, 4.69) is 0 Å². The number of ketones is 1. The Bertz CT molecular complexity index is 629. The van der Waals surface area contributed by atoms with Gasteiger partial charge in [-0.1, -0.05) is 19.3 Å². The van der Waals surface area contributed by atoms with Crippen molar-refractivity contribution in [2.45, 2.75) is 38.5 Å². The Morgan fingerprint density at radius 3 is 2.39 bits per heavy atom. The van der Waals surface area contributed by atoms with Crippen molar-refractivity contribution in [3.05, 3.63) is 29.8 Å². The predicted molar refractivity (Wildman–Crippen MR) is 84.2 cm³/mol. The molecule has 1 aliphatic heterocycles. The molecule has 2 fully saturated rings. The fourth-order valence-corrected chi connectivity index (χ4v) is 3.65. The molecule has 0 bridgehead atoms. The summed E-state index contributed by atoms with van der Waals surface area (Å²) in [4.78, 5) is 38.5. The Kier molecular flexibility index (Phi) is 4.20. The van der Waals surface area contributed by atoms with Gasteiger partial charge < -0.3 is 4.74 Å². The summed E-state index contributed by atoms with van der Waals surface area (Å²) in [6, 6.07) is 6.71. The average molecular weight is 315 g/mol. The molecule has 1 aromatic carbocycles. The lowest BCUT2D eigenvalue weighted by molar-refractivity contribution is -0.141. The number of carbonyl (C=O) groups is 3. The number of amides is 2. The summed E-state index contributed by atoms with van der Waals surface area (Å²) >= 11 is 0. The first-order valence-electron chi connectivity index (χ1n) is 8.08. The second-order valence-corrected chi connectivity index (χ2v) is 6.45. The van der Waals surface area contributed by atoms with Crippen molar-refractivity contribution < 1.29 is 19.1 Å². The number of ether oxygens (including phenoxy) is 1. The summed E-state index contributed by atoms with van der Waals surface area (Å²) in [5.74, 6) is 0.0843. The van der Waals surface area contributed by atoms with E-state index in [1.54, 1.807) is 31.4 Å². The molecule has 1 aliphatic carbocycles. The molecule has 0 N–H and O–H groups in total. The minimum atomic E-state index is -0.532. The molecule has 122 valence electrons. The van der Waals surface area contributed by atoms with Crippen LogP contribution in [0.15, 0.2) is 24.3 Å². The maximum Gasteiger partial charge on any atom is 0.236 e. The molecule has 3 rings (SSSR count). The fourth-order valence-electron chi connectivity index (χ4n) is 3.65. The van der Waals surface area contributed by atoms with Gasteiger partial charge in [0.1, 0.15) is 5.75 Å². The molecule has 0 atom stereocenters. The third-order valence-corrected chi connectivity index (χ3v) is 5.01. The van der Waals surface area contributed by atoms with Gasteiger partial charge in [-0.3, -0.25) is 19.3 Å². The van der Waals surface area contributed by atoms with Crippen LogP contribution in [-0.4, -0.2) is 36.2 Å². The summed E-state index contributed by atoms with van der Waals surface area (Å²) in [6.45, 7) is -0.161. The summed E-state index contributed by atoms with van der Waals surface area (Å²) in [5.41, 5.74) is -0.0498. The van der Waals surface area contributed by atoms with E-state index in [-0.39, 0.29) is 30.6 Å². The van der Waals surface area contributed by atoms with Crippen LogP contribution < -0.4 is 4.74 Å². The zero-order chi connectivity index (χ0) is 16.4. The number of hydrogen-bond donors (Lipinski definition) is 0. The van der Waals surface area contributed by atoms with Crippen LogP contribution in [-0.2, 0) is 9.59 Å². The van der Waals surface area contributed by atoms with Gasteiger partial charge in [0.2, 0.25) is 11.8 Å². The average Bonchev–Trinajstić information content (AvgIpc) is 2.80. The van der Waals surface area contributed by atoms with Crippen LogP contribution in [0.5, 0.6) is 5.75 Å². The van der Waals surface area contributed by atoms with Gasteiger partial charge in [0.05, 0.1) is 19.1 Å². The van der Waals surface area contributed by atoms with Gasteiger partial charge >= 0.3 is 0 Å². The highest BCUT2D eigenvalue weighted by atomic mass is 16.5. The number of likely N-dealkylation sites (tertiary alicyclic amines) is 1. The highest BCUT2D eigenvalue weighted by Gasteiger charge is 2.51. The van der Waals surface area contributed by atoms with Crippen LogP contribution in [0.1, 0.15) is 48.9 Å². The summed E-state index contributed by atoms with van der Waals surface area (Å²) in [6.07, 6.45) is 4.89. The molecule has 2 amide bonds. The molecule has 1 heterocycles. The standard InChI is InChI=1S/C18H21NO4/c1-23-14-7-5-13(6-8-14)15(20)12-19-16(21)11-18(17(19)22)9-3-2-4-10-18/h5-8H,2-4,9-12H2,1H3. The highest BCUT2D eigenvalue weighted by Crippen LogP contribution is 2.45. The monoisotopic (exact) mass is 315 g/mol. The van der Waals surface area contributed by atoms with E-state index in [4.69, 9.17) is 4.74 Å². The predicted octanol–water partition coefficient (Wildman–Crippen LogP) is 2.59. The molecule has 0 radical (unpaired) electrons. The molecule has 0 unspecified atom stereocenters. The third kappa shape index (κ3) is 2.87. The molecule has 2 aliphatic rings. The molecule has 1 saturated carbocycles. The number of nitrogens with zero attached hydrogens (tertiary/aromatic N) is 1. The topological polar surface area (TPSA) is 63.7 Å². The van der Waals surface area contributed by atoms with E-state index in [0.29, 0.717) is 11.3 Å². The lowest BCUT2D eigenvalue weighted by atomic mass is 9.73. The first kappa shape index (κ1) is 15.7. The second-order valence-electron chi connectivity index (χ2n) is 6.45. The number of Topliss-reactive ketones (excluding diaryl/α,β-unsaturated/α-hetero) is 1. The number of rotatable bonds is 4. The van der Waals surface area contributed by atoms with E-state index in [0.717, 1.165) is 37.0 Å². The van der Waals surface area contributed by atoms with Gasteiger partial charge in [-0.25, -0.2) is 0 Å². The zero-order valence-corrected chi connectivity index (χ0v) is 13.3. The van der Waals surface area contributed by atoms with E-state index < -0.39 is 5.41 Å². The lowest BCUT2D eigenvalue weighted by Crippen LogP contribution is -2.39. The molecule has 23 heavy (non-hydrogen) atoms. The summed E-state index contributed by atoms with van der Waals surface area (Å²) in [5, 5.41) is 0. The molecular weight excluding hydrogens is 294 g/mol. The van der Waals surface area contributed by atoms with Gasteiger partial charge in [0, 0.05) is 12.0 Å². The smallest absolute Gasteiger partial charge is 0.236 e. The Labute approximate surface area is 135 Å². The normalized spacial score (nSPS) is 20.1. The SMILES string of the molecule is COc1ccc(C(=O)CN2C(=O)CC3(CCCCC3)C2=O)cc1. The van der Waals surface area contributed by atoms with Crippen LogP contribution in [0.4, 0.5) is 0 Å². The molecule has 0 aromatic heterocycles. The first-order chi connectivity index (χ1) is 11.1. The Morgan fingerprint density at radius 1 is 1.13 bits per heavy atom. The van der Waals surface area contributed by atoms with Crippen molar-refractivity contribution >= 4 is 17.6 Å². The number of hydrogen-bond acceptors (Lipinski definition) is 4. The van der Waals surface area contributed by atoms with Gasteiger partial charge in [0.25, 0.3) is 0 Å². The van der Waals surface area contributed by atoms with E-state index in [1.165, 1.54) is 0 Å². The highest BCUT2D eigenvalue weighted by molar-refractivity contribution is 6.10. The molecule has 5 heteroatoms. The van der Waals surface area contributed by atoms with Crippen molar-refractivity contribution in [1.82, 2.24) is 4.90 Å². The Hall–Kier alpha value is -2.17. The van der Waals surface area contributed by atoms with Crippen LogP contribution >= 0.6 is 0 Å². The molecule has 5 nitrogen and oxygen atoms in total. The summed E-state index contributed by atoms with van der Waals surface area (Å²) < 4.78 is 5.06. The Morgan fingerprint density at radius 2 is 1.78 bits per heavy atom. The number of carbonyl (C=O) groups excluding carboxylic acids is 3. The van der Waals surface area contributed by atoms with Gasteiger partial charge in [-0.2, -0.15) is 0 Å². The number of imide groups is 1. The van der Waals surface area contributed by atoms with Crippen molar-refractivity contribution in [2.24, 2.45) is 5.41 Å². The largest absolute Gasteiger partial charge is 0.497 e. The number of methoxy groups -OCH3 is 1. The van der Waals surface area contributed by atoms with Gasteiger partial charge in [-0.15, -0.1) is 0 Å². The minimum absolute atomic E-state index is 0.149. The van der Waals surface area contributed by atoms with Crippen LogP contribution in [0.2, 0.25) is 0 Å². The van der Waals surface area contributed by atoms with Crippen molar-refractivity contribution in [3.8, 4) is 5.75 Å². The van der Waals surface area contributed by atoms with Crippen LogP contribution in [0, 0.1) is 5.41 Å². The minimum Gasteiger partial charge on any atom is -0.497 e. The zero-order valence-electron chi connectivity index (χ0n) is 13.3. The fraction of sp³-hybridized carbons (Fsp3) is 0.500. The van der Waals surface area contributed by atoms with Crippen molar-refractivity contribution in [1.29, 1.82) is 0 Å². The van der Waals surface area contributed by atoms with E-state index >= 15 is 0 Å². The molecule has 1 aromatic rings. The first-order valence-corrected chi connectivity index (χ1v) is 8.08. The second kappa shape index (κ2) is 6.14. The van der Waals surface area contributed by atoms with Crippen LogP contribution in [0.3, 0.4) is 0 Å². The molecular formula is C18H21NO4. The third-order valence-electron chi connectivity index (χ3n) is 5.01. The summed E-state index contributed by atoms with van der Waals surface area (Å²) in [7, 11) is 1.56. The van der Waals surface area contributed by atoms with Crippen molar-refractivity contribution in [3.63, 3.8) is 0 Å². The quantitative estimate of drug-likeness (QED) is 0.633. The van der Waals surface area contributed by atoms with Crippen molar-refractivity contribution in [2.75, 3.05) is 13.7 Å². The Balaban J connectivity index is 1.72. The maximum atomic E-state index is 12.7. The number of benzene rings is 1. The van der Waals surface area contributed by atoms with Crippen LogP contribution in [0.25, 0.3) is 0 Å². The van der Waals surface area contributed by atoms with Gasteiger partial charge in [0.15, 0.2) is 5.78 Å². The molecule has 1 saturated heterocycles. The van der Waals surface area contributed by atoms with Gasteiger partial charge in [-0.05, 0) is 37.1 Å². The maximum absolute atomic E-state index is 12.7. The molecule has 1 spiro atoms. The lowest BCUT2D eigenvalue weighted by Gasteiger charge is -2.30.